The van der Waals surface area contributed by atoms with Crippen LogP contribution in [-0.4, -0.2) is 38.3 Å². The summed E-state index contributed by atoms with van der Waals surface area (Å²) < 4.78 is 10.8. The zero-order valence-electron chi connectivity index (χ0n) is 15.5. The molecule has 8 heteroatoms. The molecular weight excluding hydrogens is 330 g/mol. The van der Waals surface area contributed by atoms with Gasteiger partial charge in [-0.25, -0.2) is 4.79 Å². The molecule has 2 unspecified atom stereocenters. The Balaban J connectivity index is 2.82. The van der Waals surface area contributed by atoms with Crippen molar-refractivity contribution in [1.29, 1.82) is 0 Å². The molecule has 1 aromatic heterocycles. The molecule has 2 N–H and O–H groups in total. The summed E-state index contributed by atoms with van der Waals surface area (Å²) in [4.78, 5) is 12.0. The fourth-order valence-corrected chi connectivity index (χ4v) is 2.62. The molecule has 0 spiro atoms. The van der Waals surface area contributed by atoms with Gasteiger partial charge in [-0.05, 0) is 33.1 Å². The fraction of sp³-hybridized carbons (Fsp3) is 0.812. The van der Waals surface area contributed by atoms with Crippen LogP contribution in [0, 0.1) is 5.92 Å². The van der Waals surface area contributed by atoms with Gasteiger partial charge in [0.25, 0.3) is 5.22 Å². The lowest BCUT2D eigenvalue weighted by atomic mass is 9.99. The Morgan fingerprint density at radius 2 is 1.92 bits per heavy atom. The third-order valence-electron chi connectivity index (χ3n) is 2.82. The fourth-order valence-electron chi connectivity index (χ4n) is 1.99. The van der Waals surface area contributed by atoms with Gasteiger partial charge in [0.15, 0.2) is 6.10 Å². The van der Waals surface area contributed by atoms with E-state index in [1.165, 1.54) is 11.8 Å². The minimum absolute atomic E-state index is 0.0971. The van der Waals surface area contributed by atoms with Crippen molar-refractivity contribution in [3.05, 3.63) is 5.89 Å². The summed E-state index contributed by atoms with van der Waals surface area (Å²) in [5.74, 6) is 0.354. The van der Waals surface area contributed by atoms with E-state index in [1.54, 1.807) is 20.8 Å². The molecule has 0 aliphatic rings. The largest absolute Gasteiger partial charge is 0.444 e. The van der Waals surface area contributed by atoms with E-state index in [-0.39, 0.29) is 11.8 Å². The standard InChI is InChI=1S/C16H29N3O4S/c1-9(2)8-11(17-14(21)23-16(5,6)7)12(20)13-18-19-15(22-13)24-10(3)4/h9-12,20H,8H2,1-7H3,(H,17,21). The number of aliphatic hydroxyl groups excluding tert-OH is 1. The van der Waals surface area contributed by atoms with Crippen LogP contribution in [0.2, 0.25) is 0 Å². The van der Waals surface area contributed by atoms with Crippen LogP contribution >= 0.6 is 11.8 Å². The molecule has 7 nitrogen and oxygen atoms in total. The highest BCUT2D eigenvalue weighted by Crippen LogP contribution is 2.26. The summed E-state index contributed by atoms with van der Waals surface area (Å²) in [6.45, 7) is 13.4. The van der Waals surface area contributed by atoms with E-state index < -0.39 is 23.8 Å². The average molecular weight is 359 g/mol. The summed E-state index contributed by atoms with van der Waals surface area (Å²) >= 11 is 1.42. The van der Waals surface area contributed by atoms with Gasteiger partial charge in [0, 0.05) is 5.25 Å². The minimum Gasteiger partial charge on any atom is -0.444 e. The monoisotopic (exact) mass is 359 g/mol. The SMILES string of the molecule is CC(C)CC(NC(=O)OC(C)(C)C)C(O)c1nnc(SC(C)C)o1. The normalized spacial score (nSPS) is 14.8. The summed E-state index contributed by atoms with van der Waals surface area (Å²) in [5.41, 5.74) is -0.608. The van der Waals surface area contributed by atoms with Gasteiger partial charge >= 0.3 is 6.09 Å². The topological polar surface area (TPSA) is 97.5 Å². The molecule has 0 saturated heterocycles. The molecule has 0 bridgehead atoms. The van der Waals surface area contributed by atoms with Crippen molar-refractivity contribution in [1.82, 2.24) is 15.5 Å². The number of alkyl carbamates (subject to hydrolysis) is 1. The highest BCUT2D eigenvalue weighted by Gasteiger charge is 2.30. The third kappa shape index (κ3) is 7.53. The van der Waals surface area contributed by atoms with Gasteiger partial charge in [0.05, 0.1) is 6.04 Å². The molecule has 24 heavy (non-hydrogen) atoms. The summed E-state index contributed by atoms with van der Waals surface area (Å²) in [7, 11) is 0. The minimum atomic E-state index is -1.09. The first kappa shape index (κ1) is 20.8. The van der Waals surface area contributed by atoms with E-state index >= 15 is 0 Å². The molecule has 1 heterocycles. The second kappa shape index (κ2) is 8.71. The quantitative estimate of drug-likeness (QED) is 0.719. The maximum atomic E-state index is 12.0. The highest BCUT2D eigenvalue weighted by molar-refractivity contribution is 7.99. The molecule has 0 aromatic carbocycles. The van der Waals surface area contributed by atoms with Crippen molar-refractivity contribution in [3.63, 3.8) is 0 Å². The number of thioether (sulfide) groups is 1. The van der Waals surface area contributed by atoms with Crippen LogP contribution in [0.1, 0.15) is 66.9 Å². The summed E-state index contributed by atoms with van der Waals surface area (Å²) in [5, 5.41) is 21.8. The van der Waals surface area contributed by atoms with E-state index in [2.05, 4.69) is 15.5 Å². The van der Waals surface area contributed by atoms with Crippen molar-refractivity contribution < 1.29 is 19.1 Å². The number of ether oxygens (including phenoxy) is 1. The highest BCUT2D eigenvalue weighted by atomic mass is 32.2. The first-order chi connectivity index (χ1) is 11.0. The molecule has 1 aromatic rings. The zero-order valence-corrected chi connectivity index (χ0v) is 16.3. The van der Waals surface area contributed by atoms with Crippen LogP contribution in [0.5, 0.6) is 0 Å². The van der Waals surface area contributed by atoms with Crippen molar-refractivity contribution in [2.45, 2.75) is 83.1 Å². The predicted octanol–water partition coefficient (Wildman–Crippen LogP) is 3.54. The third-order valence-corrected chi connectivity index (χ3v) is 3.66. The van der Waals surface area contributed by atoms with E-state index in [4.69, 9.17) is 9.15 Å². The van der Waals surface area contributed by atoms with Gasteiger partial charge < -0.3 is 19.6 Å². The lowest BCUT2D eigenvalue weighted by Gasteiger charge is -2.26. The van der Waals surface area contributed by atoms with Crippen molar-refractivity contribution in [2.24, 2.45) is 5.92 Å². The first-order valence-corrected chi connectivity index (χ1v) is 9.03. The van der Waals surface area contributed by atoms with E-state index in [0.717, 1.165) is 0 Å². The number of amides is 1. The van der Waals surface area contributed by atoms with Gasteiger partial charge in [0.1, 0.15) is 5.60 Å². The second-order valence-electron chi connectivity index (χ2n) is 7.40. The molecule has 1 amide bonds. The zero-order chi connectivity index (χ0) is 18.5. The number of aromatic nitrogens is 2. The molecule has 0 aliphatic heterocycles. The molecule has 138 valence electrons. The van der Waals surface area contributed by atoms with Gasteiger partial charge in [-0.2, -0.15) is 0 Å². The van der Waals surface area contributed by atoms with Gasteiger partial charge in [-0.1, -0.05) is 39.5 Å². The Bertz CT molecular complexity index is 526. The van der Waals surface area contributed by atoms with Crippen molar-refractivity contribution >= 4 is 17.9 Å². The van der Waals surface area contributed by atoms with Crippen LogP contribution in [-0.2, 0) is 4.74 Å². The number of carbonyl (C=O) groups excluding carboxylic acids is 1. The lowest BCUT2D eigenvalue weighted by molar-refractivity contribution is 0.0359. The Kier molecular flexibility index (Phi) is 7.54. The maximum Gasteiger partial charge on any atom is 0.407 e. The van der Waals surface area contributed by atoms with Gasteiger partial charge in [0.2, 0.25) is 5.89 Å². The van der Waals surface area contributed by atoms with Crippen LogP contribution in [0.15, 0.2) is 9.64 Å². The van der Waals surface area contributed by atoms with Crippen LogP contribution in [0.3, 0.4) is 0 Å². The molecule has 0 fully saturated rings. The number of nitrogens with one attached hydrogen (secondary N) is 1. The average Bonchev–Trinajstić information content (AvgIpc) is 2.81. The number of nitrogens with zero attached hydrogens (tertiary/aromatic N) is 2. The van der Waals surface area contributed by atoms with Crippen LogP contribution < -0.4 is 5.32 Å². The van der Waals surface area contributed by atoms with Gasteiger partial charge in [-0.3, -0.25) is 0 Å². The summed E-state index contributed by atoms with van der Waals surface area (Å²) in [6.07, 6.45) is -1.12. The van der Waals surface area contributed by atoms with Crippen molar-refractivity contribution in [2.75, 3.05) is 0 Å². The second-order valence-corrected chi connectivity index (χ2v) is 8.93. The number of hydrogen-bond donors (Lipinski definition) is 2. The van der Waals surface area contributed by atoms with Crippen molar-refractivity contribution in [3.8, 4) is 0 Å². The Morgan fingerprint density at radius 1 is 1.29 bits per heavy atom. The Labute approximate surface area is 147 Å². The Hall–Kier alpha value is -1.28. The molecule has 0 aliphatic carbocycles. The van der Waals surface area contributed by atoms with Gasteiger partial charge in [-0.15, -0.1) is 10.2 Å². The van der Waals surface area contributed by atoms with E-state index in [9.17, 15) is 9.90 Å². The number of hydrogen-bond acceptors (Lipinski definition) is 7. The predicted molar refractivity (Wildman–Crippen MR) is 92.9 cm³/mol. The molecule has 0 radical (unpaired) electrons. The molecular formula is C16H29N3O4S. The maximum absolute atomic E-state index is 12.0. The van der Waals surface area contributed by atoms with Crippen LogP contribution in [0.25, 0.3) is 0 Å². The lowest BCUT2D eigenvalue weighted by Crippen LogP contribution is -2.43. The Morgan fingerprint density at radius 3 is 2.42 bits per heavy atom. The van der Waals surface area contributed by atoms with E-state index in [0.29, 0.717) is 16.9 Å². The molecule has 1 rings (SSSR count). The number of aliphatic hydroxyl groups is 1. The molecule has 0 saturated carbocycles. The number of rotatable bonds is 7. The van der Waals surface area contributed by atoms with E-state index in [1.807, 2.05) is 27.7 Å². The van der Waals surface area contributed by atoms with Crippen LogP contribution in [0.4, 0.5) is 4.79 Å². The summed E-state index contributed by atoms with van der Waals surface area (Å²) in [6, 6.07) is -0.572. The smallest absolute Gasteiger partial charge is 0.407 e. The first-order valence-electron chi connectivity index (χ1n) is 8.15. The number of carbonyl (C=O) groups is 1. The molecule has 2 atom stereocenters.